The molecule has 0 bridgehead atoms. The number of anilines is 4. The first kappa shape index (κ1) is 26.1. The van der Waals surface area contributed by atoms with Crippen molar-refractivity contribution in [3.63, 3.8) is 0 Å². The molecule has 3 amide bonds. The molecule has 1 aliphatic heterocycles. The first-order chi connectivity index (χ1) is 18.3. The van der Waals surface area contributed by atoms with Crippen LogP contribution in [0.4, 0.5) is 27.1 Å². The van der Waals surface area contributed by atoms with Gasteiger partial charge in [-0.1, -0.05) is 5.11 Å². The molecule has 38 heavy (non-hydrogen) atoms. The monoisotopic (exact) mass is 517 g/mol. The summed E-state index contributed by atoms with van der Waals surface area (Å²) >= 11 is 0. The molecule has 1 aromatic heterocycles. The first-order valence-electron chi connectivity index (χ1n) is 11.6. The van der Waals surface area contributed by atoms with Crippen LogP contribution in [0.25, 0.3) is 10.4 Å². The maximum Gasteiger partial charge on any atom is 0.250 e. The van der Waals surface area contributed by atoms with Crippen LogP contribution in [0.1, 0.15) is 13.8 Å². The van der Waals surface area contributed by atoms with Gasteiger partial charge in [-0.2, -0.15) is 0 Å². The van der Waals surface area contributed by atoms with Crippen LogP contribution in [0.3, 0.4) is 0 Å². The van der Waals surface area contributed by atoms with Gasteiger partial charge in [-0.05, 0) is 67.9 Å². The highest BCUT2D eigenvalue weighted by Gasteiger charge is 2.42. The number of carbonyl (C=O) groups is 3. The summed E-state index contributed by atoms with van der Waals surface area (Å²) in [5, 5.41) is 3.45. The Balaban J connectivity index is 1.82. The second kappa shape index (κ2) is 11.0. The number of pyridine rings is 1. The summed E-state index contributed by atoms with van der Waals surface area (Å²) in [6.45, 7) is 3.12. The van der Waals surface area contributed by atoms with E-state index < -0.39 is 36.1 Å². The van der Waals surface area contributed by atoms with E-state index >= 15 is 0 Å². The highest BCUT2D eigenvalue weighted by Crippen LogP contribution is 2.39. The van der Waals surface area contributed by atoms with Crippen molar-refractivity contribution in [1.29, 1.82) is 0 Å². The number of fused-ring (bicyclic) bond motifs is 1. The summed E-state index contributed by atoms with van der Waals surface area (Å²) in [6.07, 6.45) is 2.84. The summed E-state index contributed by atoms with van der Waals surface area (Å²) in [5.41, 5.74) is 10.0. The predicted molar refractivity (Wildman–Crippen MR) is 139 cm³/mol. The van der Waals surface area contributed by atoms with Crippen molar-refractivity contribution in [3.05, 3.63) is 83.3 Å². The highest BCUT2D eigenvalue weighted by atomic mass is 19.1. The van der Waals surface area contributed by atoms with Gasteiger partial charge in [-0.15, -0.1) is 0 Å². The van der Waals surface area contributed by atoms with E-state index in [4.69, 9.17) is 10.3 Å². The number of azide groups is 1. The molecular formula is C26H24FN7O4. The number of rotatable bonds is 7. The minimum Gasteiger partial charge on any atom is -0.497 e. The van der Waals surface area contributed by atoms with Crippen molar-refractivity contribution in [3.8, 4) is 5.75 Å². The molecule has 11 nitrogen and oxygen atoms in total. The van der Waals surface area contributed by atoms with Gasteiger partial charge in [0.2, 0.25) is 17.7 Å². The third-order valence-electron chi connectivity index (χ3n) is 5.92. The molecule has 1 atom stereocenters. The molecule has 3 aromatic rings. The van der Waals surface area contributed by atoms with Gasteiger partial charge >= 0.3 is 0 Å². The van der Waals surface area contributed by atoms with Crippen molar-refractivity contribution in [2.75, 3.05) is 28.4 Å². The number of aromatic nitrogens is 1. The zero-order valence-electron chi connectivity index (χ0n) is 20.9. The zero-order valence-corrected chi connectivity index (χ0v) is 20.9. The Bertz CT molecular complexity index is 1410. The van der Waals surface area contributed by atoms with Gasteiger partial charge < -0.3 is 14.5 Å². The minimum absolute atomic E-state index is 0.000309. The summed E-state index contributed by atoms with van der Waals surface area (Å²) in [6, 6.07) is 11.3. The zero-order chi connectivity index (χ0) is 27.4. The molecule has 2 aromatic carbocycles. The number of hydrogen-bond acceptors (Lipinski definition) is 6. The number of hydrogen-bond donors (Lipinski definition) is 0. The quantitative estimate of drug-likeness (QED) is 0.199. The number of nitrogens with zero attached hydrogens (tertiary/aromatic N) is 7. The first-order valence-corrected chi connectivity index (χ1v) is 11.6. The van der Waals surface area contributed by atoms with Crippen molar-refractivity contribution < 1.29 is 23.5 Å². The molecule has 2 heterocycles. The summed E-state index contributed by atoms with van der Waals surface area (Å²) in [4.78, 5) is 51.1. The molecule has 0 spiro atoms. The van der Waals surface area contributed by atoms with Gasteiger partial charge in [0.25, 0.3) is 0 Å². The number of amides is 3. The van der Waals surface area contributed by atoms with Crippen LogP contribution in [0.15, 0.2) is 72.1 Å². The smallest absolute Gasteiger partial charge is 0.250 e. The Kier molecular flexibility index (Phi) is 7.54. The van der Waals surface area contributed by atoms with E-state index in [1.54, 1.807) is 36.4 Å². The van der Waals surface area contributed by atoms with Gasteiger partial charge in [0, 0.05) is 28.9 Å². The Labute approximate surface area is 217 Å². The van der Waals surface area contributed by atoms with E-state index in [0.717, 1.165) is 21.9 Å². The molecule has 4 rings (SSSR count). The lowest BCUT2D eigenvalue weighted by Gasteiger charge is -2.31. The number of ether oxygens (including phenoxy) is 1. The second-order valence-electron chi connectivity index (χ2n) is 8.61. The van der Waals surface area contributed by atoms with Crippen LogP contribution >= 0.6 is 0 Å². The van der Waals surface area contributed by atoms with Crippen LogP contribution in [-0.4, -0.2) is 48.4 Å². The fraction of sp³-hybridized carbons (Fsp3) is 0.231. The molecule has 0 radical (unpaired) electrons. The molecule has 1 unspecified atom stereocenters. The molecule has 0 N–H and O–H groups in total. The number of carbonyl (C=O) groups excluding carboxylic acids is 3. The molecular weight excluding hydrogens is 493 g/mol. The summed E-state index contributed by atoms with van der Waals surface area (Å²) in [7, 11) is 1.53. The van der Waals surface area contributed by atoms with Gasteiger partial charge in [0.15, 0.2) is 6.04 Å². The van der Waals surface area contributed by atoms with Crippen molar-refractivity contribution in [2.45, 2.75) is 25.9 Å². The molecule has 0 saturated heterocycles. The normalized spacial score (nSPS) is 15.0. The van der Waals surface area contributed by atoms with Gasteiger partial charge in [-0.3, -0.25) is 24.3 Å². The third kappa shape index (κ3) is 4.97. The second-order valence-corrected chi connectivity index (χ2v) is 8.61. The number of halogens is 1. The molecule has 12 heteroatoms. The number of methoxy groups -OCH3 is 1. The van der Waals surface area contributed by atoms with Crippen LogP contribution < -0.4 is 19.4 Å². The standard InChI is InChI=1S/C26H24FN7O4/c1-16(2)33(18-7-9-20(38-3)10-8-18)23(35)15-32-21-11-6-17(27)13-22(21)34(19-5-4-12-29-14-19)26(37)24(25(32)36)30-31-28/h4-14,16,24H,15H2,1-3H3. The van der Waals surface area contributed by atoms with E-state index in [1.807, 2.05) is 13.8 Å². The van der Waals surface area contributed by atoms with Crippen LogP contribution in [0.5, 0.6) is 5.75 Å². The van der Waals surface area contributed by atoms with E-state index in [-0.39, 0.29) is 23.1 Å². The Hall–Kier alpha value is -4.96. The van der Waals surface area contributed by atoms with E-state index in [0.29, 0.717) is 11.4 Å². The molecule has 1 aliphatic rings. The Morgan fingerprint density at radius 3 is 2.50 bits per heavy atom. The Morgan fingerprint density at radius 1 is 1.16 bits per heavy atom. The van der Waals surface area contributed by atoms with Crippen molar-refractivity contribution in [1.82, 2.24) is 4.98 Å². The topological polar surface area (TPSA) is 132 Å². The number of benzene rings is 2. The lowest BCUT2D eigenvalue weighted by atomic mass is 10.2. The van der Waals surface area contributed by atoms with E-state index in [1.165, 1.54) is 30.5 Å². The van der Waals surface area contributed by atoms with E-state index in [9.17, 15) is 18.8 Å². The molecule has 0 aliphatic carbocycles. The lowest BCUT2D eigenvalue weighted by Crippen LogP contribution is -2.49. The average molecular weight is 518 g/mol. The van der Waals surface area contributed by atoms with Crippen LogP contribution in [0.2, 0.25) is 0 Å². The molecule has 0 saturated carbocycles. The minimum atomic E-state index is -1.84. The maximum absolute atomic E-state index is 14.5. The highest BCUT2D eigenvalue weighted by molar-refractivity contribution is 6.24. The summed E-state index contributed by atoms with van der Waals surface area (Å²) < 4.78 is 19.7. The van der Waals surface area contributed by atoms with Crippen LogP contribution in [0, 0.1) is 5.82 Å². The summed E-state index contributed by atoms with van der Waals surface area (Å²) in [5.74, 6) is -2.36. The van der Waals surface area contributed by atoms with Crippen LogP contribution in [-0.2, 0) is 14.4 Å². The largest absolute Gasteiger partial charge is 0.497 e. The average Bonchev–Trinajstić information content (AvgIpc) is 2.98. The van der Waals surface area contributed by atoms with E-state index in [2.05, 4.69) is 15.0 Å². The van der Waals surface area contributed by atoms with Crippen molar-refractivity contribution >= 4 is 40.5 Å². The van der Waals surface area contributed by atoms with Gasteiger partial charge in [0.1, 0.15) is 18.1 Å². The van der Waals surface area contributed by atoms with Crippen molar-refractivity contribution in [2.24, 2.45) is 5.11 Å². The Morgan fingerprint density at radius 2 is 1.89 bits per heavy atom. The molecule has 0 fully saturated rings. The predicted octanol–water partition coefficient (Wildman–Crippen LogP) is 4.36. The fourth-order valence-corrected chi connectivity index (χ4v) is 4.27. The maximum atomic E-state index is 14.5. The fourth-order valence-electron chi connectivity index (χ4n) is 4.27. The van der Waals surface area contributed by atoms with Gasteiger partial charge in [-0.25, -0.2) is 4.39 Å². The molecule has 194 valence electrons. The third-order valence-corrected chi connectivity index (χ3v) is 5.92. The van der Waals surface area contributed by atoms with Gasteiger partial charge in [0.05, 0.1) is 30.4 Å². The lowest BCUT2D eigenvalue weighted by molar-refractivity contribution is -0.129. The SMILES string of the molecule is COc1ccc(N(C(=O)CN2C(=O)C(N=[N+]=[N-])C(=O)N(c3cccnc3)c3cc(F)ccc32)C(C)C)cc1.